The van der Waals surface area contributed by atoms with Crippen molar-refractivity contribution in [3.05, 3.63) is 94.0 Å². The molecule has 0 radical (unpaired) electrons. The van der Waals surface area contributed by atoms with Crippen molar-refractivity contribution >= 4 is 40.6 Å². The highest BCUT2D eigenvalue weighted by Crippen LogP contribution is 2.31. The van der Waals surface area contributed by atoms with Crippen LogP contribution in [0.1, 0.15) is 29.8 Å². The number of benzene rings is 3. The zero-order valence-corrected chi connectivity index (χ0v) is 22.8. The van der Waals surface area contributed by atoms with Gasteiger partial charge in [0.1, 0.15) is 5.75 Å². The number of non-ortho nitro benzene ring substituents is 1. The van der Waals surface area contributed by atoms with E-state index in [0.717, 1.165) is 30.2 Å². The summed E-state index contributed by atoms with van der Waals surface area (Å²) in [6.07, 6.45) is 2.92. The molecule has 10 heteroatoms. The average molecular weight is 544 g/mol. The zero-order chi connectivity index (χ0) is 28.6. The SMILES string of the molecule is COc1ccccc1N1CCN(c2ccc(NC(=O)/C=C/c3ccc([N+](=O)[O-])cc3)cc2C(=O)NC(C)C)CC1. The summed E-state index contributed by atoms with van der Waals surface area (Å²) < 4.78 is 5.53. The Bertz CT molecular complexity index is 1400. The zero-order valence-electron chi connectivity index (χ0n) is 22.8. The smallest absolute Gasteiger partial charge is 0.269 e. The van der Waals surface area contributed by atoms with Crippen molar-refractivity contribution in [1.29, 1.82) is 0 Å². The maximum absolute atomic E-state index is 13.2. The number of nitro benzene ring substituents is 1. The van der Waals surface area contributed by atoms with Gasteiger partial charge in [-0.25, -0.2) is 0 Å². The highest BCUT2D eigenvalue weighted by atomic mass is 16.6. The number of nitrogens with one attached hydrogen (secondary N) is 2. The van der Waals surface area contributed by atoms with Gasteiger partial charge in [-0.3, -0.25) is 19.7 Å². The lowest BCUT2D eigenvalue weighted by Crippen LogP contribution is -2.47. The molecule has 3 aromatic carbocycles. The van der Waals surface area contributed by atoms with Gasteiger partial charge >= 0.3 is 0 Å². The molecular formula is C30H33N5O5. The number of nitrogens with zero attached hydrogens (tertiary/aromatic N) is 3. The number of para-hydroxylation sites is 2. The molecule has 0 aromatic heterocycles. The molecular weight excluding hydrogens is 510 g/mol. The number of hydrogen-bond donors (Lipinski definition) is 2. The van der Waals surface area contributed by atoms with Crippen LogP contribution in [0, 0.1) is 10.1 Å². The van der Waals surface area contributed by atoms with Crippen molar-refractivity contribution < 1.29 is 19.2 Å². The minimum Gasteiger partial charge on any atom is -0.495 e. The Kier molecular flexibility index (Phi) is 9.00. The van der Waals surface area contributed by atoms with Crippen molar-refractivity contribution in [2.45, 2.75) is 19.9 Å². The molecule has 4 rings (SSSR count). The van der Waals surface area contributed by atoms with E-state index in [1.807, 2.05) is 44.2 Å². The molecule has 3 aromatic rings. The average Bonchev–Trinajstić information content (AvgIpc) is 2.96. The van der Waals surface area contributed by atoms with Crippen LogP contribution in [0.4, 0.5) is 22.7 Å². The van der Waals surface area contributed by atoms with Gasteiger partial charge in [0.25, 0.3) is 11.6 Å². The summed E-state index contributed by atoms with van der Waals surface area (Å²) in [5.41, 5.74) is 3.45. The summed E-state index contributed by atoms with van der Waals surface area (Å²) in [6.45, 7) is 6.75. The van der Waals surface area contributed by atoms with Crippen LogP contribution < -0.4 is 25.2 Å². The fourth-order valence-corrected chi connectivity index (χ4v) is 4.55. The number of carbonyl (C=O) groups excluding carboxylic acids is 2. The Morgan fingerprint density at radius 3 is 2.23 bits per heavy atom. The summed E-state index contributed by atoms with van der Waals surface area (Å²) >= 11 is 0. The molecule has 1 saturated heterocycles. The highest BCUT2D eigenvalue weighted by molar-refractivity contribution is 6.05. The molecule has 0 bridgehead atoms. The molecule has 1 aliphatic heterocycles. The minimum atomic E-state index is -0.475. The maximum atomic E-state index is 13.2. The van der Waals surface area contributed by atoms with E-state index in [9.17, 15) is 19.7 Å². The van der Waals surface area contributed by atoms with E-state index >= 15 is 0 Å². The second kappa shape index (κ2) is 12.8. The third-order valence-electron chi connectivity index (χ3n) is 6.51. The van der Waals surface area contributed by atoms with E-state index in [1.165, 1.54) is 18.2 Å². The van der Waals surface area contributed by atoms with Crippen LogP contribution in [-0.4, -0.2) is 56.1 Å². The lowest BCUT2D eigenvalue weighted by Gasteiger charge is -2.38. The second-order valence-corrected chi connectivity index (χ2v) is 9.68. The van der Waals surface area contributed by atoms with E-state index < -0.39 is 4.92 Å². The molecule has 0 unspecified atom stereocenters. The van der Waals surface area contributed by atoms with Gasteiger partial charge in [0.15, 0.2) is 0 Å². The third kappa shape index (κ3) is 6.96. The summed E-state index contributed by atoms with van der Waals surface area (Å²) in [6, 6.07) is 19.1. The number of anilines is 3. The molecule has 0 saturated carbocycles. The number of hydrogen-bond acceptors (Lipinski definition) is 7. The third-order valence-corrected chi connectivity index (χ3v) is 6.51. The van der Waals surface area contributed by atoms with Crippen molar-refractivity contribution in [1.82, 2.24) is 5.32 Å². The molecule has 0 atom stereocenters. The van der Waals surface area contributed by atoms with Gasteiger partial charge in [0.2, 0.25) is 5.91 Å². The first-order valence-corrected chi connectivity index (χ1v) is 13.1. The van der Waals surface area contributed by atoms with E-state index in [2.05, 4.69) is 20.4 Å². The first-order valence-electron chi connectivity index (χ1n) is 13.1. The van der Waals surface area contributed by atoms with Crippen molar-refractivity contribution in [2.75, 3.05) is 48.4 Å². The quantitative estimate of drug-likeness (QED) is 0.228. The Morgan fingerprint density at radius 2 is 1.60 bits per heavy atom. The number of methoxy groups -OCH3 is 1. The van der Waals surface area contributed by atoms with Gasteiger partial charge in [0, 0.05) is 61.8 Å². The van der Waals surface area contributed by atoms with Crippen LogP contribution in [-0.2, 0) is 4.79 Å². The Hall–Kier alpha value is -4.86. The normalized spacial score (nSPS) is 13.4. The van der Waals surface area contributed by atoms with Crippen molar-refractivity contribution in [2.24, 2.45) is 0 Å². The summed E-state index contributed by atoms with van der Waals surface area (Å²) in [5.74, 6) is 0.233. The fourth-order valence-electron chi connectivity index (χ4n) is 4.55. The lowest BCUT2D eigenvalue weighted by molar-refractivity contribution is -0.384. The molecule has 1 fully saturated rings. The first-order chi connectivity index (χ1) is 19.2. The van der Waals surface area contributed by atoms with E-state index in [1.54, 1.807) is 37.5 Å². The van der Waals surface area contributed by atoms with Gasteiger partial charge in [-0.1, -0.05) is 12.1 Å². The van der Waals surface area contributed by atoms with Crippen LogP contribution >= 0.6 is 0 Å². The van der Waals surface area contributed by atoms with Crippen molar-refractivity contribution in [3.63, 3.8) is 0 Å². The van der Waals surface area contributed by atoms with Gasteiger partial charge in [0.05, 0.1) is 23.3 Å². The van der Waals surface area contributed by atoms with Gasteiger partial charge in [-0.15, -0.1) is 0 Å². The predicted octanol–water partition coefficient (Wildman–Crippen LogP) is 4.72. The highest BCUT2D eigenvalue weighted by Gasteiger charge is 2.24. The largest absolute Gasteiger partial charge is 0.495 e. The number of nitro groups is 1. The standard InChI is InChI=1S/C30H33N5O5/c1-21(2)31-30(37)25-20-23(32-29(36)15-10-22-8-12-24(13-9-22)35(38)39)11-14-26(25)33-16-18-34(19-17-33)27-6-4-5-7-28(27)40-3/h4-15,20-21H,16-19H2,1-3H3,(H,31,37)(H,32,36)/b15-10+. The van der Waals surface area contributed by atoms with Crippen LogP contribution in [0.5, 0.6) is 5.75 Å². The summed E-state index contributed by atoms with van der Waals surface area (Å²) in [5, 5.41) is 16.6. The number of ether oxygens (including phenoxy) is 1. The van der Waals surface area contributed by atoms with E-state index in [0.29, 0.717) is 29.9 Å². The Labute approximate surface area is 233 Å². The van der Waals surface area contributed by atoms with E-state index in [-0.39, 0.29) is 23.5 Å². The fraction of sp³-hybridized carbons (Fsp3) is 0.267. The molecule has 0 spiro atoms. The van der Waals surface area contributed by atoms with Crippen molar-refractivity contribution in [3.8, 4) is 5.75 Å². The van der Waals surface area contributed by atoms with Crippen LogP contribution in [0.15, 0.2) is 72.8 Å². The van der Waals surface area contributed by atoms with Crippen LogP contribution in [0.3, 0.4) is 0 Å². The lowest BCUT2D eigenvalue weighted by atomic mass is 10.1. The molecule has 40 heavy (non-hydrogen) atoms. The molecule has 2 amide bonds. The number of rotatable bonds is 9. The summed E-state index contributed by atoms with van der Waals surface area (Å²) in [7, 11) is 1.67. The molecule has 1 heterocycles. The van der Waals surface area contributed by atoms with Gasteiger partial charge < -0.3 is 25.2 Å². The molecule has 2 N–H and O–H groups in total. The Balaban J connectivity index is 1.48. The monoisotopic (exact) mass is 543 g/mol. The minimum absolute atomic E-state index is 0.0184. The second-order valence-electron chi connectivity index (χ2n) is 9.68. The van der Waals surface area contributed by atoms with Gasteiger partial charge in [-0.05, 0) is 68.0 Å². The number of piperazine rings is 1. The molecule has 10 nitrogen and oxygen atoms in total. The topological polar surface area (TPSA) is 117 Å². The van der Waals surface area contributed by atoms with E-state index in [4.69, 9.17) is 4.74 Å². The predicted molar refractivity (Wildman–Crippen MR) is 157 cm³/mol. The summed E-state index contributed by atoms with van der Waals surface area (Å²) in [4.78, 5) is 40.6. The molecule has 1 aliphatic rings. The maximum Gasteiger partial charge on any atom is 0.269 e. The molecule has 208 valence electrons. The van der Waals surface area contributed by atoms with Gasteiger partial charge in [-0.2, -0.15) is 0 Å². The van der Waals surface area contributed by atoms with Crippen LogP contribution in [0.25, 0.3) is 6.08 Å². The van der Waals surface area contributed by atoms with Crippen LogP contribution in [0.2, 0.25) is 0 Å². The molecule has 0 aliphatic carbocycles. The Morgan fingerprint density at radius 1 is 0.950 bits per heavy atom. The first kappa shape index (κ1) is 28.2. The number of carbonyl (C=O) groups is 2. The number of amides is 2.